The van der Waals surface area contributed by atoms with E-state index in [9.17, 15) is 9.59 Å². The number of carbonyl (C=O) groups excluding carboxylic acids is 2. The van der Waals surface area contributed by atoms with Crippen LogP contribution in [0.2, 0.25) is 0 Å². The molecule has 2 aliphatic rings. The highest BCUT2D eigenvalue weighted by Gasteiger charge is 2.32. The Labute approximate surface area is 159 Å². The van der Waals surface area contributed by atoms with Gasteiger partial charge in [0.15, 0.2) is 0 Å². The molecule has 5 heteroatoms. The molecule has 0 saturated carbocycles. The number of ether oxygens (including phenoxy) is 1. The number of hydrogen-bond donors (Lipinski definition) is 1. The average Bonchev–Trinajstić information content (AvgIpc) is 2.90. The Morgan fingerprint density at radius 2 is 1.67 bits per heavy atom. The lowest BCUT2D eigenvalue weighted by Crippen LogP contribution is -2.40. The fourth-order valence-electron chi connectivity index (χ4n) is 3.88. The second kappa shape index (κ2) is 7.82. The first-order chi connectivity index (χ1) is 13.2. The third-order valence-electron chi connectivity index (χ3n) is 5.29. The Balaban J connectivity index is 1.48. The summed E-state index contributed by atoms with van der Waals surface area (Å²) in [6.07, 6.45) is 3.73. The molecule has 140 valence electrons. The van der Waals surface area contributed by atoms with Crippen molar-refractivity contribution in [2.45, 2.75) is 31.6 Å². The molecular weight excluding hydrogens is 340 g/mol. The molecule has 1 fully saturated rings. The number of para-hydroxylation sites is 2. The quantitative estimate of drug-likeness (QED) is 0.904. The van der Waals surface area contributed by atoms with Crippen LogP contribution in [0, 0.1) is 0 Å². The number of amides is 2. The molecule has 27 heavy (non-hydrogen) atoms. The maximum atomic E-state index is 13.0. The molecule has 0 unspecified atom stereocenters. The Morgan fingerprint density at radius 3 is 2.37 bits per heavy atom. The second-order valence-corrected chi connectivity index (χ2v) is 7.09. The van der Waals surface area contributed by atoms with E-state index < -0.39 is 5.92 Å². The fraction of sp³-hybridized carbons (Fsp3) is 0.364. The van der Waals surface area contributed by atoms with Crippen LogP contribution in [0.15, 0.2) is 48.5 Å². The molecule has 5 nitrogen and oxygen atoms in total. The molecule has 0 aliphatic carbocycles. The van der Waals surface area contributed by atoms with Crippen molar-refractivity contribution in [3.05, 3.63) is 59.7 Å². The summed E-state index contributed by atoms with van der Waals surface area (Å²) in [5, 5.41) is 3.03. The minimum atomic E-state index is -0.397. The SMILES string of the molecule is O=C(NCCN1CCCCCC1=O)C1c2ccccc2Oc2ccccc21. The summed E-state index contributed by atoms with van der Waals surface area (Å²) < 4.78 is 5.95. The Bertz CT molecular complexity index is 803. The van der Waals surface area contributed by atoms with Crippen molar-refractivity contribution >= 4 is 11.8 Å². The smallest absolute Gasteiger partial charge is 0.232 e. The second-order valence-electron chi connectivity index (χ2n) is 7.09. The van der Waals surface area contributed by atoms with Gasteiger partial charge in [-0.05, 0) is 25.0 Å². The zero-order valence-electron chi connectivity index (χ0n) is 15.3. The molecular formula is C22H24N2O3. The molecule has 4 rings (SSSR count). The van der Waals surface area contributed by atoms with E-state index in [4.69, 9.17) is 4.74 Å². The fourth-order valence-corrected chi connectivity index (χ4v) is 3.88. The molecule has 0 aromatic heterocycles. The van der Waals surface area contributed by atoms with Gasteiger partial charge in [0.1, 0.15) is 11.5 Å². The number of likely N-dealkylation sites (tertiary alicyclic amines) is 1. The first kappa shape index (κ1) is 17.6. The zero-order valence-corrected chi connectivity index (χ0v) is 15.3. The lowest BCUT2D eigenvalue weighted by Gasteiger charge is -2.28. The molecule has 0 atom stereocenters. The number of benzene rings is 2. The van der Waals surface area contributed by atoms with Crippen molar-refractivity contribution in [3.63, 3.8) is 0 Å². The standard InChI is InChI=1S/C22H24N2O3/c25-20-12-2-1-7-14-24(20)15-13-23-22(26)21-16-8-3-5-10-18(16)27-19-11-6-4-9-17(19)21/h3-6,8-11,21H,1-2,7,12-15H2,(H,23,26). The van der Waals surface area contributed by atoms with E-state index in [1.54, 1.807) is 0 Å². The van der Waals surface area contributed by atoms with E-state index in [2.05, 4.69) is 5.32 Å². The third kappa shape index (κ3) is 3.68. The van der Waals surface area contributed by atoms with Crippen molar-refractivity contribution in [1.29, 1.82) is 0 Å². The highest BCUT2D eigenvalue weighted by atomic mass is 16.5. The molecule has 1 saturated heterocycles. The summed E-state index contributed by atoms with van der Waals surface area (Å²) in [5.41, 5.74) is 1.75. The van der Waals surface area contributed by atoms with E-state index in [0.717, 1.165) is 48.4 Å². The van der Waals surface area contributed by atoms with Gasteiger partial charge in [-0.1, -0.05) is 42.8 Å². The predicted molar refractivity (Wildman–Crippen MR) is 103 cm³/mol. The summed E-state index contributed by atoms with van der Waals surface area (Å²) in [7, 11) is 0. The van der Waals surface area contributed by atoms with Gasteiger partial charge in [0, 0.05) is 37.2 Å². The van der Waals surface area contributed by atoms with Gasteiger partial charge >= 0.3 is 0 Å². The van der Waals surface area contributed by atoms with Crippen LogP contribution in [-0.2, 0) is 9.59 Å². The molecule has 1 N–H and O–H groups in total. The summed E-state index contributed by atoms with van der Waals surface area (Å²) in [6.45, 7) is 1.82. The van der Waals surface area contributed by atoms with Crippen LogP contribution in [0.5, 0.6) is 11.5 Å². The maximum Gasteiger partial charge on any atom is 0.232 e. The summed E-state index contributed by atoms with van der Waals surface area (Å²) >= 11 is 0. The first-order valence-corrected chi connectivity index (χ1v) is 9.65. The van der Waals surface area contributed by atoms with Gasteiger partial charge in [0.2, 0.25) is 11.8 Å². The van der Waals surface area contributed by atoms with Crippen LogP contribution in [0.4, 0.5) is 0 Å². The molecule has 2 amide bonds. The summed E-state index contributed by atoms with van der Waals surface area (Å²) in [4.78, 5) is 27.0. The Hall–Kier alpha value is -2.82. The molecule has 0 bridgehead atoms. The lowest BCUT2D eigenvalue weighted by molar-refractivity contribution is -0.131. The zero-order chi connectivity index (χ0) is 18.6. The molecule has 2 aliphatic heterocycles. The monoisotopic (exact) mass is 364 g/mol. The van der Waals surface area contributed by atoms with Crippen molar-refractivity contribution in [2.75, 3.05) is 19.6 Å². The van der Waals surface area contributed by atoms with Crippen LogP contribution in [-0.4, -0.2) is 36.3 Å². The van der Waals surface area contributed by atoms with Crippen molar-refractivity contribution < 1.29 is 14.3 Å². The summed E-state index contributed by atoms with van der Waals surface area (Å²) in [6, 6.07) is 15.3. The number of fused-ring (bicyclic) bond motifs is 2. The Kier molecular flexibility index (Phi) is 5.10. The van der Waals surface area contributed by atoms with Gasteiger partial charge in [-0.2, -0.15) is 0 Å². The predicted octanol–water partition coefficient (Wildman–Crippen LogP) is 3.44. The lowest BCUT2D eigenvalue weighted by atomic mass is 9.87. The number of nitrogens with zero attached hydrogens (tertiary/aromatic N) is 1. The van der Waals surface area contributed by atoms with Gasteiger partial charge in [0.25, 0.3) is 0 Å². The van der Waals surface area contributed by atoms with E-state index in [1.807, 2.05) is 53.4 Å². The van der Waals surface area contributed by atoms with Crippen LogP contribution in [0.1, 0.15) is 42.7 Å². The van der Waals surface area contributed by atoms with Crippen LogP contribution in [0.25, 0.3) is 0 Å². The van der Waals surface area contributed by atoms with Crippen LogP contribution >= 0.6 is 0 Å². The minimum absolute atomic E-state index is 0.0551. The first-order valence-electron chi connectivity index (χ1n) is 9.65. The highest BCUT2D eigenvalue weighted by Crippen LogP contribution is 2.43. The summed E-state index contributed by atoms with van der Waals surface area (Å²) in [5.74, 6) is 1.19. The highest BCUT2D eigenvalue weighted by molar-refractivity contribution is 5.89. The molecule has 2 aromatic carbocycles. The van der Waals surface area contributed by atoms with Gasteiger partial charge < -0.3 is 15.0 Å². The number of nitrogens with one attached hydrogen (secondary N) is 1. The van der Waals surface area contributed by atoms with Gasteiger partial charge in [-0.3, -0.25) is 9.59 Å². The van der Waals surface area contributed by atoms with E-state index >= 15 is 0 Å². The van der Waals surface area contributed by atoms with Crippen molar-refractivity contribution in [2.24, 2.45) is 0 Å². The normalized spacial score (nSPS) is 16.7. The van der Waals surface area contributed by atoms with Crippen molar-refractivity contribution in [1.82, 2.24) is 10.2 Å². The molecule has 2 aromatic rings. The number of rotatable bonds is 4. The minimum Gasteiger partial charge on any atom is -0.457 e. The van der Waals surface area contributed by atoms with E-state index in [0.29, 0.717) is 19.5 Å². The third-order valence-corrected chi connectivity index (χ3v) is 5.29. The van der Waals surface area contributed by atoms with Gasteiger partial charge in [0.05, 0.1) is 5.92 Å². The Morgan fingerprint density at radius 1 is 1.00 bits per heavy atom. The molecule has 0 radical (unpaired) electrons. The molecule has 0 spiro atoms. The number of carbonyl (C=O) groups is 2. The largest absolute Gasteiger partial charge is 0.457 e. The van der Waals surface area contributed by atoms with Gasteiger partial charge in [-0.25, -0.2) is 0 Å². The van der Waals surface area contributed by atoms with Crippen molar-refractivity contribution in [3.8, 4) is 11.5 Å². The maximum absolute atomic E-state index is 13.0. The molecule has 2 heterocycles. The van der Waals surface area contributed by atoms with Crippen LogP contribution < -0.4 is 10.1 Å². The topological polar surface area (TPSA) is 58.6 Å². The average molecular weight is 364 g/mol. The van der Waals surface area contributed by atoms with Gasteiger partial charge in [-0.15, -0.1) is 0 Å². The number of hydrogen-bond acceptors (Lipinski definition) is 3. The van der Waals surface area contributed by atoms with Crippen LogP contribution in [0.3, 0.4) is 0 Å². The van der Waals surface area contributed by atoms with E-state index in [-0.39, 0.29) is 11.8 Å². The van der Waals surface area contributed by atoms with E-state index in [1.165, 1.54) is 0 Å².